The van der Waals surface area contributed by atoms with Gasteiger partial charge in [-0.15, -0.1) is 0 Å². The van der Waals surface area contributed by atoms with Gasteiger partial charge in [0.15, 0.2) is 0 Å². The summed E-state index contributed by atoms with van der Waals surface area (Å²) in [7, 11) is 1.54. The van der Waals surface area contributed by atoms with Gasteiger partial charge in [0.1, 0.15) is 28.5 Å². The summed E-state index contributed by atoms with van der Waals surface area (Å²) in [6.45, 7) is 2.20. The van der Waals surface area contributed by atoms with Crippen molar-refractivity contribution in [1.29, 1.82) is 0 Å². The maximum absolute atomic E-state index is 13.1. The van der Waals surface area contributed by atoms with Gasteiger partial charge in [-0.05, 0) is 69.1 Å². The summed E-state index contributed by atoms with van der Waals surface area (Å²) in [6, 6.07) is 7.66. The summed E-state index contributed by atoms with van der Waals surface area (Å²) in [5, 5.41) is 3.70. The highest BCUT2D eigenvalue weighted by Gasteiger charge is 2.26. The topological polar surface area (TPSA) is 60.7 Å². The summed E-state index contributed by atoms with van der Waals surface area (Å²) >= 11 is 6.93. The molecule has 0 saturated carbocycles. The normalized spacial score (nSPS) is 10.9. The maximum atomic E-state index is 13.1. The minimum atomic E-state index is -0.489. The number of hydrogen-bond acceptors (Lipinski definition) is 5. The van der Waals surface area contributed by atoms with Crippen LogP contribution in [0, 0.1) is 5.82 Å². The van der Waals surface area contributed by atoms with Crippen LogP contribution in [-0.2, 0) is 11.3 Å². The van der Waals surface area contributed by atoms with Crippen molar-refractivity contribution >= 4 is 54.5 Å². The maximum Gasteiger partial charge on any atom is 0.342 e. The van der Waals surface area contributed by atoms with Crippen molar-refractivity contribution in [1.82, 2.24) is 0 Å². The fourth-order valence-electron chi connectivity index (χ4n) is 2.70. The highest BCUT2D eigenvalue weighted by molar-refractivity contribution is 9.11. The smallest absolute Gasteiger partial charge is 0.342 e. The van der Waals surface area contributed by atoms with Gasteiger partial charge in [0.05, 0.1) is 34.6 Å². The lowest BCUT2D eigenvalue weighted by atomic mass is 10.1. The van der Waals surface area contributed by atoms with E-state index in [9.17, 15) is 9.18 Å². The van der Waals surface area contributed by atoms with Crippen LogP contribution in [0.15, 0.2) is 43.7 Å². The van der Waals surface area contributed by atoms with Gasteiger partial charge in [-0.1, -0.05) is 0 Å². The van der Waals surface area contributed by atoms with Gasteiger partial charge < -0.3 is 19.2 Å². The van der Waals surface area contributed by atoms with Crippen LogP contribution in [0.1, 0.15) is 23.0 Å². The number of furan rings is 1. The average molecular weight is 501 g/mol. The molecule has 3 rings (SSSR count). The number of anilines is 1. The highest BCUT2D eigenvalue weighted by Crippen LogP contribution is 2.43. The van der Waals surface area contributed by atoms with Crippen molar-refractivity contribution in [2.24, 2.45) is 0 Å². The highest BCUT2D eigenvalue weighted by atomic mass is 79.9. The Morgan fingerprint density at radius 1 is 1.26 bits per heavy atom. The lowest BCUT2D eigenvalue weighted by Crippen LogP contribution is -2.09. The molecule has 0 aliphatic carbocycles. The van der Waals surface area contributed by atoms with E-state index in [1.54, 1.807) is 25.1 Å². The predicted octanol–water partition coefficient (Wildman–Crippen LogP) is 5.89. The molecule has 142 valence electrons. The number of carbonyl (C=O) groups excluding carboxylic acids is 1. The second kappa shape index (κ2) is 8.31. The quantitative estimate of drug-likeness (QED) is 0.427. The molecular weight excluding hydrogens is 485 g/mol. The van der Waals surface area contributed by atoms with E-state index >= 15 is 0 Å². The number of hydrogen-bond donors (Lipinski definition) is 1. The van der Waals surface area contributed by atoms with Crippen molar-refractivity contribution in [3.8, 4) is 5.75 Å². The number of carbonyl (C=O) groups is 1. The van der Waals surface area contributed by atoms with E-state index in [4.69, 9.17) is 13.9 Å². The minimum absolute atomic E-state index is 0.223. The Balaban J connectivity index is 2.07. The third-order valence-electron chi connectivity index (χ3n) is 3.88. The largest absolute Gasteiger partial charge is 0.494 e. The van der Waals surface area contributed by atoms with E-state index in [2.05, 4.69) is 37.2 Å². The van der Waals surface area contributed by atoms with Gasteiger partial charge in [-0.2, -0.15) is 0 Å². The average Bonchev–Trinajstić information content (AvgIpc) is 3.00. The predicted molar refractivity (Wildman–Crippen MR) is 108 cm³/mol. The van der Waals surface area contributed by atoms with E-state index in [1.165, 1.54) is 19.2 Å². The molecule has 0 fully saturated rings. The molecular formula is C19H16Br2FNO4. The first-order chi connectivity index (χ1) is 13.0. The standard InChI is InChI=1S/C19H16Br2FNO4/c1-3-26-19(24)16-14(9-23-11-6-4-10(22)5-7-11)27-13-8-12(20)18(25-2)17(21)15(13)16/h4-8,23H,3,9H2,1-2H3. The van der Waals surface area contributed by atoms with E-state index < -0.39 is 5.97 Å². The first-order valence-corrected chi connectivity index (χ1v) is 9.68. The van der Waals surface area contributed by atoms with E-state index in [-0.39, 0.29) is 19.0 Å². The summed E-state index contributed by atoms with van der Waals surface area (Å²) in [5.41, 5.74) is 1.53. The van der Waals surface area contributed by atoms with E-state index in [0.717, 1.165) is 0 Å². The molecule has 1 N–H and O–H groups in total. The van der Waals surface area contributed by atoms with Crippen molar-refractivity contribution in [2.45, 2.75) is 13.5 Å². The third kappa shape index (κ3) is 3.96. The van der Waals surface area contributed by atoms with Gasteiger partial charge >= 0.3 is 5.97 Å². The van der Waals surface area contributed by atoms with Crippen molar-refractivity contribution in [3.63, 3.8) is 0 Å². The number of halogens is 3. The van der Waals surface area contributed by atoms with Gasteiger partial charge in [-0.25, -0.2) is 9.18 Å². The zero-order valence-corrected chi connectivity index (χ0v) is 17.7. The molecule has 1 aromatic heterocycles. The lowest BCUT2D eigenvalue weighted by Gasteiger charge is -2.08. The SMILES string of the molecule is CCOC(=O)c1c(CNc2ccc(F)cc2)oc2cc(Br)c(OC)c(Br)c12. The summed E-state index contributed by atoms with van der Waals surface area (Å²) in [4.78, 5) is 12.6. The molecule has 1 heterocycles. The Hall–Kier alpha value is -2.06. The van der Waals surface area contributed by atoms with Crippen molar-refractivity contribution < 1.29 is 23.1 Å². The molecule has 0 atom stereocenters. The van der Waals surface area contributed by atoms with Crippen LogP contribution in [-0.4, -0.2) is 19.7 Å². The first kappa shape index (κ1) is 19.7. The number of rotatable bonds is 6. The molecule has 0 unspecified atom stereocenters. The molecule has 3 aromatic rings. The van der Waals surface area contributed by atoms with Gasteiger partial charge in [0, 0.05) is 5.69 Å². The number of ether oxygens (including phenoxy) is 2. The molecule has 0 aliphatic heterocycles. The zero-order valence-electron chi connectivity index (χ0n) is 14.6. The summed E-state index contributed by atoms with van der Waals surface area (Å²) < 4.78 is 30.9. The number of nitrogens with one attached hydrogen (secondary N) is 1. The van der Waals surface area contributed by atoms with Crippen molar-refractivity contribution in [2.75, 3.05) is 19.0 Å². The van der Waals surface area contributed by atoms with Gasteiger partial charge in [0.2, 0.25) is 0 Å². The van der Waals surface area contributed by atoms with Crippen LogP contribution in [0.5, 0.6) is 5.75 Å². The van der Waals surface area contributed by atoms with Crippen molar-refractivity contribution in [3.05, 3.63) is 56.4 Å². The molecule has 8 heteroatoms. The monoisotopic (exact) mass is 499 g/mol. The summed E-state index contributed by atoms with van der Waals surface area (Å²) in [6.07, 6.45) is 0. The van der Waals surface area contributed by atoms with Crippen LogP contribution in [0.4, 0.5) is 10.1 Å². The summed E-state index contributed by atoms with van der Waals surface area (Å²) in [5.74, 6) is 0.148. The lowest BCUT2D eigenvalue weighted by molar-refractivity contribution is 0.0526. The molecule has 5 nitrogen and oxygen atoms in total. The van der Waals surface area contributed by atoms with Crippen LogP contribution in [0.3, 0.4) is 0 Å². The number of fused-ring (bicyclic) bond motifs is 1. The third-order valence-corrected chi connectivity index (χ3v) is 5.23. The molecule has 0 amide bonds. The van der Waals surface area contributed by atoms with Crippen LogP contribution >= 0.6 is 31.9 Å². The van der Waals surface area contributed by atoms with Gasteiger partial charge in [0.25, 0.3) is 0 Å². The fraction of sp³-hybridized carbons (Fsp3) is 0.211. The molecule has 0 spiro atoms. The molecule has 0 bridgehead atoms. The van der Waals surface area contributed by atoms with Crippen LogP contribution in [0.25, 0.3) is 11.0 Å². The van der Waals surface area contributed by atoms with E-state index in [0.29, 0.717) is 42.7 Å². The Kier molecular flexibility index (Phi) is 6.06. The molecule has 0 aliphatic rings. The Labute approximate surface area is 172 Å². The van der Waals surface area contributed by atoms with Crippen LogP contribution < -0.4 is 10.1 Å². The second-order valence-corrected chi connectivity index (χ2v) is 7.21. The van der Waals surface area contributed by atoms with Gasteiger partial charge in [-0.3, -0.25) is 0 Å². The molecule has 2 aromatic carbocycles. The number of esters is 1. The van der Waals surface area contributed by atoms with E-state index in [1.807, 2.05) is 0 Å². The second-order valence-electron chi connectivity index (χ2n) is 5.56. The fourth-order valence-corrected chi connectivity index (χ4v) is 4.30. The Morgan fingerprint density at radius 2 is 1.96 bits per heavy atom. The number of benzene rings is 2. The zero-order chi connectivity index (χ0) is 19.6. The first-order valence-electron chi connectivity index (χ1n) is 8.10. The van der Waals surface area contributed by atoms with Crippen LogP contribution in [0.2, 0.25) is 0 Å². The Morgan fingerprint density at radius 3 is 2.59 bits per heavy atom. The molecule has 27 heavy (non-hydrogen) atoms. The minimum Gasteiger partial charge on any atom is -0.494 e. The molecule has 0 radical (unpaired) electrons. The number of methoxy groups -OCH3 is 1. The Bertz CT molecular complexity index is 986. The molecule has 0 saturated heterocycles.